The van der Waals surface area contributed by atoms with Crippen LogP contribution in [0.1, 0.15) is 6.42 Å². The van der Waals surface area contributed by atoms with Crippen LogP contribution in [0.2, 0.25) is 0 Å². The van der Waals surface area contributed by atoms with E-state index in [9.17, 15) is 9.59 Å². The van der Waals surface area contributed by atoms with Gasteiger partial charge in [-0.15, -0.1) is 0 Å². The van der Waals surface area contributed by atoms with Gasteiger partial charge >= 0.3 is 12.0 Å². The molecule has 0 radical (unpaired) electrons. The normalized spacial score (nSPS) is 12.3. The van der Waals surface area contributed by atoms with Crippen LogP contribution in [0.4, 0.5) is 4.79 Å². The molecule has 0 spiro atoms. The van der Waals surface area contributed by atoms with Crippen LogP contribution in [-0.2, 0) is 4.79 Å². The van der Waals surface area contributed by atoms with Gasteiger partial charge in [0.1, 0.15) is 0 Å². The molecule has 0 bridgehead atoms. The molecule has 0 aliphatic heterocycles. The van der Waals surface area contributed by atoms with Gasteiger partial charge in [0.05, 0.1) is 6.61 Å². The molecule has 0 saturated heterocycles. The third kappa shape index (κ3) is 6.75. The lowest BCUT2D eigenvalue weighted by molar-refractivity contribution is -0.140. The fraction of sp³-hybridized carbons (Fsp3) is 0.800. The van der Waals surface area contributed by atoms with Crippen molar-refractivity contribution in [2.24, 2.45) is 0 Å². The van der Waals surface area contributed by atoms with Crippen molar-refractivity contribution in [3.05, 3.63) is 0 Å². The monoisotopic (exact) mass is 247 g/mol. The van der Waals surface area contributed by atoms with Crippen molar-refractivity contribution in [2.45, 2.75) is 12.5 Å². The number of hydrogen-bond donors (Lipinski definition) is 3. The third-order valence-corrected chi connectivity index (χ3v) is 2.22. The number of carbonyl (C=O) groups is 2. The summed E-state index contributed by atoms with van der Waals surface area (Å²) in [4.78, 5) is 25.5. The highest BCUT2D eigenvalue weighted by Gasteiger charge is 2.20. The minimum Gasteiger partial charge on any atom is -0.480 e. The zero-order valence-corrected chi connectivity index (χ0v) is 10.5. The zero-order chi connectivity index (χ0) is 13.4. The molecule has 0 saturated carbocycles. The minimum atomic E-state index is -1.25. The lowest BCUT2D eigenvalue weighted by Gasteiger charge is -2.21. The maximum Gasteiger partial charge on any atom is 0.328 e. The van der Waals surface area contributed by atoms with Crippen molar-refractivity contribution in [1.29, 1.82) is 0 Å². The van der Waals surface area contributed by atoms with E-state index in [1.807, 2.05) is 19.0 Å². The Hall–Kier alpha value is -1.34. The second-order valence-corrected chi connectivity index (χ2v) is 4.10. The van der Waals surface area contributed by atoms with Crippen molar-refractivity contribution in [3.8, 4) is 0 Å². The number of nitrogens with zero attached hydrogens (tertiary/aromatic N) is 2. The van der Waals surface area contributed by atoms with Crippen LogP contribution in [0, 0.1) is 0 Å². The smallest absolute Gasteiger partial charge is 0.328 e. The fourth-order valence-corrected chi connectivity index (χ4v) is 1.17. The summed E-state index contributed by atoms with van der Waals surface area (Å²) in [5.41, 5.74) is 0. The Kier molecular flexibility index (Phi) is 7.24. The van der Waals surface area contributed by atoms with Gasteiger partial charge < -0.3 is 25.3 Å². The molecule has 0 aromatic heterocycles. The average Bonchev–Trinajstić information content (AvgIpc) is 2.24. The van der Waals surface area contributed by atoms with E-state index in [-0.39, 0.29) is 0 Å². The van der Waals surface area contributed by atoms with Crippen molar-refractivity contribution in [2.75, 3.05) is 40.8 Å². The van der Waals surface area contributed by atoms with Gasteiger partial charge in [0, 0.05) is 13.6 Å². The molecule has 0 aliphatic rings. The summed E-state index contributed by atoms with van der Waals surface area (Å²) in [5.74, 6) is -1.25. The van der Waals surface area contributed by atoms with Gasteiger partial charge in [0.25, 0.3) is 0 Å². The largest absolute Gasteiger partial charge is 0.480 e. The van der Waals surface area contributed by atoms with Crippen LogP contribution in [0.15, 0.2) is 0 Å². The quantitative estimate of drug-likeness (QED) is 0.538. The van der Waals surface area contributed by atoms with Crippen molar-refractivity contribution >= 4 is 12.0 Å². The molecule has 0 fully saturated rings. The Morgan fingerprint density at radius 2 is 1.82 bits per heavy atom. The number of aliphatic hydroxyl groups is 1. The Morgan fingerprint density at radius 3 is 2.24 bits per heavy atom. The van der Waals surface area contributed by atoms with E-state index in [1.54, 1.807) is 7.05 Å². The van der Waals surface area contributed by atoms with Crippen molar-refractivity contribution in [1.82, 2.24) is 15.1 Å². The van der Waals surface area contributed by atoms with E-state index >= 15 is 0 Å². The molecule has 0 aromatic carbocycles. The molecule has 0 aromatic rings. The summed E-state index contributed by atoms with van der Waals surface area (Å²) < 4.78 is 0. The van der Waals surface area contributed by atoms with E-state index < -0.39 is 24.6 Å². The number of urea groups is 1. The number of aliphatic carboxylic acids is 1. The SMILES string of the molecule is CN(C)CCCN(C)C(=O)N[C@@H](CO)C(=O)O. The third-order valence-electron chi connectivity index (χ3n) is 2.22. The second-order valence-electron chi connectivity index (χ2n) is 4.10. The summed E-state index contributed by atoms with van der Waals surface area (Å²) in [7, 11) is 5.46. The maximum atomic E-state index is 11.5. The van der Waals surface area contributed by atoms with E-state index in [4.69, 9.17) is 10.2 Å². The minimum absolute atomic E-state index is 0.495. The predicted molar refractivity (Wildman–Crippen MR) is 62.8 cm³/mol. The molecule has 17 heavy (non-hydrogen) atoms. The maximum absolute atomic E-state index is 11.5. The molecule has 2 amide bonds. The van der Waals surface area contributed by atoms with Crippen molar-refractivity contribution < 1.29 is 19.8 Å². The Balaban J connectivity index is 4.00. The van der Waals surface area contributed by atoms with E-state index in [1.165, 1.54) is 4.90 Å². The summed E-state index contributed by atoms with van der Waals surface area (Å²) in [6, 6.07) is -1.75. The molecule has 0 aliphatic carbocycles. The van der Waals surface area contributed by atoms with Crippen molar-refractivity contribution in [3.63, 3.8) is 0 Å². The lowest BCUT2D eigenvalue weighted by Crippen LogP contribution is -2.48. The highest BCUT2D eigenvalue weighted by atomic mass is 16.4. The number of carboxylic acids is 1. The Morgan fingerprint density at radius 1 is 1.24 bits per heavy atom. The van der Waals surface area contributed by atoms with Gasteiger partial charge in [-0.1, -0.05) is 0 Å². The predicted octanol–water partition coefficient (Wildman–Crippen LogP) is -0.975. The highest BCUT2D eigenvalue weighted by molar-refractivity contribution is 5.82. The van der Waals surface area contributed by atoms with E-state index in [2.05, 4.69) is 5.32 Å². The molecule has 0 rings (SSSR count). The average molecular weight is 247 g/mol. The number of aliphatic hydroxyl groups excluding tert-OH is 1. The van der Waals surface area contributed by atoms with Crippen LogP contribution in [0.5, 0.6) is 0 Å². The first-order valence-corrected chi connectivity index (χ1v) is 5.38. The van der Waals surface area contributed by atoms with Gasteiger partial charge in [-0.05, 0) is 27.1 Å². The molecule has 7 nitrogen and oxygen atoms in total. The summed E-state index contributed by atoms with van der Waals surface area (Å²) in [6.07, 6.45) is 0.799. The number of amides is 2. The van der Waals surface area contributed by atoms with Crippen LogP contribution in [0.25, 0.3) is 0 Å². The number of hydrogen-bond acceptors (Lipinski definition) is 4. The van der Waals surface area contributed by atoms with Gasteiger partial charge in [0.2, 0.25) is 0 Å². The first kappa shape index (κ1) is 15.7. The number of carbonyl (C=O) groups excluding carboxylic acids is 1. The number of carboxylic acid groups (broad SMARTS) is 1. The van der Waals surface area contributed by atoms with Crippen LogP contribution in [0.3, 0.4) is 0 Å². The van der Waals surface area contributed by atoms with Gasteiger partial charge in [-0.3, -0.25) is 0 Å². The van der Waals surface area contributed by atoms with Crippen LogP contribution < -0.4 is 5.32 Å². The molecule has 100 valence electrons. The standard InChI is InChI=1S/C10H21N3O4/c1-12(2)5-4-6-13(3)10(17)11-8(7-14)9(15)16/h8,14H,4-7H2,1-3H3,(H,11,17)(H,15,16)/t8-/m0/s1. The van der Waals surface area contributed by atoms with Crippen LogP contribution in [-0.4, -0.2) is 78.9 Å². The van der Waals surface area contributed by atoms with Gasteiger partial charge in [0.15, 0.2) is 6.04 Å². The van der Waals surface area contributed by atoms with Gasteiger partial charge in [-0.25, -0.2) is 9.59 Å². The number of nitrogens with one attached hydrogen (secondary N) is 1. The number of rotatable bonds is 7. The summed E-state index contributed by atoms with van der Waals surface area (Å²) in [6.45, 7) is 0.758. The Labute approximate surface area is 101 Å². The molecule has 3 N–H and O–H groups in total. The summed E-state index contributed by atoms with van der Waals surface area (Å²) in [5, 5.41) is 19.6. The highest BCUT2D eigenvalue weighted by Crippen LogP contribution is 1.92. The first-order valence-electron chi connectivity index (χ1n) is 5.38. The Bertz CT molecular complexity index is 258. The zero-order valence-electron chi connectivity index (χ0n) is 10.5. The first-order chi connectivity index (χ1) is 7.88. The van der Waals surface area contributed by atoms with Gasteiger partial charge in [-0.2, -0.15) is 0 Å². The lowest BCUT2D eigenvalue weighted by atomic mass is 10.3. The molecule has 0 unspecified atom stereocenters. The molecule has 0 heterocycles. The molecule has 1 atom stereocenters. The molecular formula is C10H21N3O4. The summed E-state index contributed by atoms with van der Waals surface area (Å²) >= 11 is 0. The second kappa shape index (κ2) is 7.86. The van der Waals surface area contributed by atoms with Crippen LogP contribution >= 0.6 is 0 Å². The molecular weight excluding hydrogens is 226 g/mol. The topological polar surface area (TPSA) is 93.1 Å². The molecule has 7 heteroatoms. The van der Waals surface area contributed by atoms with E-state index in [0.29, 0.717) is 6.54 Å². The van der Waals surface area contributed by atoms with E-state index in [0.717, 1.165) is 13.0 Å². The fourth-order valence-electron chi connectivity index (χ4n) is 1.17.